The van der Waals surface area contributed by atoms with Crippen molar-refractivity contribution in [1.82, 2.24) is 15.5 Å². The molecular weight excluding hydrogens is 282 g/mol. The third-order valence-electron chi connectivity index (χ3n) is 3.19. The van der Waals surface area contributed by atoms with Gasteiger partial charge >= 0.3 is 0 Å². The summed E-state index contributed by atoms with van der Waals surface area (Å²) in [6.07, 6.45) is 1.31. The zero-order chi connectivity index (χ0) is 13.5. The standard InChI is InChI=1S/C13H20ClN3OS/c14-12-3-1-11(19-12)2-4-13(18)16-7-10-17-8-5-15-6-9-17/h1,3,15H,2,4-10H2,(H,16,18). The molecule has 0 spiro atoms. The first-order valence-corrected chi connectivity index (χ1v) is 7.87. The highest BCUT2D eigenvalue weighted by Gasteiger charge is 2.09. The second kappa shape index (κ2) is 7.85. The number of nitrogens with one attached hydrogen (secondary N) is 2. The summed E-state index contributed by atoms with van der Waals surface area (Å²) in [5, 5.41) is 6.29. The van der Waals surface area contributed by atoms with E-state index in [4.69, 9.17) is 11.6 Å². The molecule has 6 heteroatoms. The molecule has 19 heavy (non-hydrogen) atoms. The van der Waals surface area contributed by atoms with Crippen LogP contribution in [-0.2, 0) is 11.2 Å². The molecule has 2 heterocycles. The van der Waals surface area contributed by atoms with Crippen LogP contribution in [-0.4, -0.2) is 50.1 Å². The lowest BCUT2D eigenvalue weighted by molar-refractivity contribution is -0.121. The van der Waals surface area contributed by atoms with E-state index >= 15 is 0 Å². The predicted molar refractivity (Wildman–Crippen MR) is 80.0 cm³/mol. The van der Waals surface area contributed by atoms with E-state index in [2.05, 4.69) is 15.5 Å². The average Bonchev–Trinajstić information content (AvgIpc) is 2.83. The van der Waals surface area contributed by atoms with E-state index < -0.39 is 0 Å². The minimum absolute atomic E-state index is 0.125. The summed E-state index contributed by atoms with van der Waals surface area (Å²) in [7, 11) is 0. The molecule has 1 aliphatic heterocycles. The van der Waals surface area contributed by atoms with Gasteiger partial charge in [0.1, 0.15) is 0 Å². The van der Waals surface area contributed by atoms with E-state index in [1.165, 1.54) is 4.88 Å². The van der Waals surface area contributed by atoms with Crippen molar-refractivity contribution in [2.24, 2.45) is 0 Å². The number of piperazine rings is 1. The maximum atomic E-state index is 11.7. The van der Waals surface area contributed by atoms with Crippen LogP contribution in [0, 0.1) is 0 Å². The largest absolute Gasteiger partial charge is 0.355 e. The van der Waals surface area contributed by atoms with Crippen molar-refractivity contribution in [2.75, 3.05) is 39.3 Å². The summed E-state index contributed by atoms with van der Waals surface area (Å²) >= 11 is 7.40. The normalized spacial score (nSPS) is 16.5. The Bertz CT molecular complexity index is 404. The van der Waals surface area contributed by atoms with Gasteiger partial charge in [-0.15, -0.1) is 11.3 Å². The van der Waals surface area contributed by atoms with Crippen LogP contribution in [0.15, 0.2) is 12.1 Å². The van der Waals surface area contributed by atoms with Crippen molar-refractivity contribution in [1.29, 1.82) is 0 Å². The quantitative estimate of drug-likeness (QED) is 0.834. The molecule has 0 aromatic carbocycles. The predicted octanol–water partition coefficient (Wildman–Crippen LogP) is 1.36. The molecule has 106 valence electrons. The maximum absolute atomic E-state index is 11.7. The smallest absolute Gasteiger partial charge is 0.220 e. The maximum Gasteiger partial charge on any atom is 0.220 e. The Morgan fingerprint density at radius 1 is 1.42 bits per heavy atom. The van der Waals surface area contributed by atoms with Gasteiger partial charge in [-0.25, -0.2) is 0 Å². The molecule has 1 aromatic rings. The highest BCUT2D eigenvalue weighted by atomic mass is 35.5. The van der Waals surface area contributed by atoms with E-state index in [1.54, 1.807) is 11.3 Å². The number of hydrogen-bond donors (Lipinski definition) is 2. The summed E-state index contributed by atoms with van der Waals surface area (Å²) in [5.41, 5.74) is 0. The molecule has 1 amide bonds. The summed E-state index contributed by atoms with van der Waals surface area (Å²) in [4.78, 5) is 15.2. The third kappa shape index (κ3) is 5.48. The number of rotatable bonds is 6. The molecule has 1 aromatic heterocycles. The Hall–Kier alpha value is -0.620. The van der Waals surface area contributed by atoms with Gasteiger partial charge in [0.05, 0.1) is 4.34 Å². The highest BCUT2D eigenvalue weighted by Crippen LogP contribution is 2.22. The summed E-state index contributed by atoms with van der Waals surface area (Å²) < 4.78 is 0.786. The SMILES string of the molecule is O=C(CCc1ccc(Cl)s1)NCCN1CCNCC1. The Morgan fingerprint density at radius 3 is 2.89 bits per heavy atom. The Labute approximate surface area is 123 Å². The van der Waals surface area contributed by atoms with Gasteiger partial charge in [-0.1, -0.05) is 11.6 Å². The number of hydrogen-bond acceptors (Lipinski definition) is 4. The Balaban J connectivity index is 1.56. The van der Waals surface area contributed by atoms with Crippen molar-refractivity contribution in [3.63, 3.8) is 0 Å². The summed E-state index contributed by atoms with van der Waals surface area (Å²) in [5.74, 6) is 0.125. The van der Waals surface area contributed by atoms with Gasteiger partial charge in [0.25, 0.3) is 0 Å². The van der Waals surface area contributed by atoms with Gasteiger partial charge in [0.15, 0.2) is 0 Å². The monoisotopic (exact) mass is 301 g/mol. The first-order chi connectivity index (χ1) is 9.24. The van der Waals surface area contributed by atoms with E-state index in [-0.39, 0.29) is 5.91 Å². The van der Waals surface area contributed by atoms with Gasteiger partial charge in [-0.05, 0) is 18.6 Å². The molecule has 1 fully saturated rings. The molecule has 2 N–H and O–H groups in total. The molecular formula is C13H20ClN3OS. The highest BCUT2D eigenvalue weighted by molar-refractivity contribution is 7.16. The lowest BCUT2D eigenvalue weighted by Gasteiger charge is -2.27. The fourth-order valence-corrected chi connectivity index (χ4v) is 3.19. The molecule has 0 saturated carbocycles. The number of aryl methyl sites for hydroxylation is 1. The second-order valence-corrected chi connectivity index (χ2v) is 6.45. The lowest BCUT2D eigenvalue weighted by atomic mass is 10.2. The molecule has 0 unspecified atom stereocenters. The topological polar surface area (TPSA) is 44.4 Å². The number of carbonyl (C=O) groups is 1. The molecule has 0 atom stereocenters. The summed E-state index contributed by atoms with van der Waals surface area (Å²) in [6.45, 7) is 5.93. The first kappa shape index (κ1) is 14.8. The van der Waals surface area contributed by atoms with Crippen LogP contribution in [0.1, 0.15) is 11.3 Å². The van der Waals surface area contributed by atoms with E-state index in [0.29, 0.717) is 6.42 Å². The zero-order valence-corrected chi connectivity index (χ0v) is 12.5. The number of carbonyl (C=O) groups excluding carboxylic acids is 1. The van der Waals surface area contributed by atoms with E-state index in [9.17, 15) is 4.79 Å². The number of amides is 1. The van der Waals surface area contributed by atoms with Gasteiger partial charge in [0, 0.05) is 50.6 Å². The van der Waals surface area contributed by atoms with E-state index in [1.807, 2.05) is 12.1 Å². The van der Waals surface area contributed by atoms with E-state index in [0.717, 1.165) is 50.0 Å². The average molecular weight is 302 g/mol. The van der Waals surface area contributed by atoms with Crippen LogP contribution in [0.4, 0.5) is 0 Å². The fraction of sp³-hybridized carbons (Fsp3) is 0.615. The first-order valence-electron chi connectivity index (χ1n) is 6.68. The molecule has 1 aliphatic rings. The minimum atomic E-state index is 0.125. The van der Waals surface area contributed by atoms with Crippen LogP contribution < -0.4 is 10.6 Å². The summed E-state index contributed by atoms with van der Waals surface area (Å²) in [6, 6.07) is 3.87. The van der Waals surface area contributed by atoms with Crippen molar-refractivity contribution >= 4 is 28.8 Å². The molecule has 0 bridgehead atoms. The van der Waals surface area contributed by atoms with Gasteiger partial charge < -0.3 is 10.6 Å². The number of nitrogens with zero attached hydrogens (tertiary/aromatic N) is 1. The van der Waals surface area contributed by atoms with Crippen LogP contribution >= 0.6 is 22.9 Å². The van der Waals surface area contributed by atoms with Crippen molar-refractivity contribution in [2.45, 2.75) is 12.8 Å². The van der Waals surface area contributed by atoms with Crippen molar-refractivity contribution in [3.05, 3.63) is 21.3 Å². The minimum Gasteiger partial charge on any atom is -0.355 e. The van der Waals surface area contributed by atoms with Crippen LogP contribution in [0.25, 0.3) is 0 Å². The number of thiophene rings is 1. The second-order valence-electron chi connectivity index (χ2n) is 4.65. The lowest BCUT2D eigenvalue weighted by Crippen LogP contribution is -2.46. The molecule has 2 rings (SSSR count). The van der Waals surface area contributed by atoms with Gasteiger partial charge in [-0.2, -0.15) is 0 Å². The number of halogens is 1. The zero-order valence-electron chi connectivity index (χ0n) is 11.0. The Kier molecular flexibility index (Phi) is 6.10. The van der Waals surface area contributed by atoms with Gasteiger partial charge in [0.2, 0.25) is 5.91 Å². The van der Waals surface area contributed by atoms with Crippen LogP contribution in [0.5, 0.6) is 0 Å². The third-order valence-corrected chi connectivity index (χ3v) is 4.48. The van der Waals surface area contributed by atoms with Crippen molar-refractivity contribution in [3.8, 4) is 0 Å². The molecule has 1 saturated heterocycles. The van der Waals surface area contributed by atoms with Gasteiger partial charge in [-0.3, -0.25) is 9.69 Å². The van der Waals surface area contributed by atoms with Crippen LogP contribution in [0.3, 0.4) is 0 Å². The van der Waals surface area contributed by atoms with Crippen LogP contribution in [0.2, 0.25) is 4.34 Å². The molecule has 0 radical (unpaired) electrons. The fourth-order valence-electron chi connectivity index (χ4n) is 2.10. The molecule has 4 nitrogen and oxygen atoms in total. The van der Waals surface area contributed by atoms with Crippen molar-refractivity contribution < 1.29 is 4.79 Å². The Morgan fingerprint density at radius 2 is 2.21 bits per heavy atom. The molecule has 0 aliphatic carbocycles.